The maximum absolute atomic E-state index is 12.6. The zero-order valence-electron chi connectivity index (χ0n) is 5.68. The number of halogens is 3. The smallest absolute Gasteiger partial charge is 0.204 e. The van der Waals surface area contributed by atoms with Crippen LogP contribution in [0.2, 0.25) is 0 Å². The lowest BCUT2D eigenvalue weighted by atomic mass is 10.3. The summed E-state index contributed by atoms with van der Waals surface area (Å²) in [6, 6.07) is 0.896. The summed E-state index contributed by atoms with van der Waals surface area (Å²) in [6.07, 6.45) is 0. The molecule has 0 aliphatic carbocycles. The Balaban J connectivity index is 3.16. The van der Waals surface area contributed by atoms with Crippen LogP contribution < -0.4 is 5.43 Å². The molecule has 0 spiro atoms. The highest BCUT2D eigenvalue weighted by molar-refractivity contribution is 5.45. The average molecular weight is 174 g/mol. The fraction of sp³-hybridized carbons (Fsp3) is 0. The van der Waals surface area contributed by atoms with Crippen LogP contribution in [0.4, 0.5) is 18.9 Å². The Morgan fingerprint density at radius 2 is 1.67 bits per heavy atom. The first kappa shape index (κ1) is 8.33. The van der Waals surface area contributed by atoms with E-state index in [-0.39, 0.29) is 0 Å². The van der Waals surface area contributed by atoms with Gasteiger partial charge < -0.3 is 0 Å². The molecule has 0 radical (unpaired) electrons. The molecule has 1 aromatic carbocycles. The van der Waals surface area contributed by atoms with Gasteiger partial charge in [-0.25, -0.2) is 13.2 Å². The van der Waals surface area contributed by atoms with E-state index in [1.54, 1.807) is 5.43 Å². The van der Waals surface area contributed by atoms with Gasteiger partial charge in [0.2, 0.25) is 0 Å². The standard InChI is InChI=1S/C6H3F3N3/c7-3-1-5(9)6(11-12-10)2-4(3)8/h1-2,11H/q+1. The quantitative estimate of drug-likeness (QED) is 0.403. The number of rotatable bonds is 1. The first-order valence-electron chi connectivity index (χ1n) is 2.90. The van der Waals surface area contributed by atoms with Crippen molar-refractivity contribution in [2.24, 2.45) is 0 Å². The fourth-order valence-electron chi connectivity index (χ4n) is 0.662. The lowest BCUT2D eigenvalue weighted by molar-refractivity contribution is 0.496. The van der Waals surface area contributed by atoms with Crippen LogP contribution >= 0.6 is 0 Å². The van der Waals surface area contributed by atoms with Crippen LogP contribution in [0.5, 0.6) is 0 Å². The van der Waals surface area contributed by atoms with E-state index in [2.05, 4.69) is 5.08 Å². The van der Waals surface area contributed by atoms with Crippen molar-refractivity contribution in [3.05, 3.63) is 34.7 Å². The van der Waals surface area contributed by atoms with Gasteiger partial charge in [-0.3, -0.25) is 0 Å². The maximum Gasteiger partial charge on any atom is 0.308 e. The first-order chi connectivity index (χ1) is 5.65. The Morgan fingerprint density at radius 1 is 1.08 bits per heavy atom. The molecule has 0 fully saturated rings. The predicted molar refractivity (Wildman–Crippen MR) is 35.0 cm³/mol. The second kappa shape index (κ2) is 3.09. The van der Waals surface area contributed by atoms with E-state index in [4.69, 9.17) is 5.39 Å². The van der Waals surface area contributed by atoms with E-state index >= 15 is 0 Å². The maximum atomic E-state index is 12.6. The van der Waals surface area contributed by atoms with Gasteiger partial charge in [-0.05, 0) is 5.43 Å². The molecule has 0 saturated carbocycles. The van der Waals surface area contributed by atoms with Gasteiger partial charge in [0.1, 0.15) is 0 Å². The van der Waals surface area contributed by atoms with Crippen molar-refractivity contribution in [1.82, 2.24) is 0 Å². The number of nitrogens with zero attached hydrogens (tertiary/aromatic N) is 2. The molecule has 0 saturated heterocycles. The summed E-state index contributed by atoms with van der Waals surface area (Å²) in [4.78, 5) is 0. The normalized spacial score (nSPS) is 9.17. The molecular weight excluding hydrogens is 171 g/mol. The van der Waals surface area contributed by atoms with Crippen LogP contribution in [0.25, 0.3) is 5.08 Å². The molecule has 0 aromatic heterocycles. The Labute approximate surface area is 65.4 Å². The molecule has 1 N–H and O–H groups in total. The summed E-state index contributed by atoms with van der Waals surface area (Å²) >= 11 is 0. The second-order valence-corrected chi connectivity index (χ2v) is 1.96. The van der Waals surface area contributed by atoms with Gasteiger partial charge in [0, 0.05) is 12.1 Å². The minimum absolute atomic E-state index is 0.350. The molecule has 12 heavy (non-hydrogen) atoms. The minimum atomic E-state index is -1.30. The zero-order chi connectivity index (χ0) is 9.14. The summed E-state index contributed by atoms with van der Waals surface area (Å²) in [5.41, 5.74) is 1.31. The van der Waals surface area contributed by atoms with E-state index in [9.17, 15) is 13.2 Å². The number of anilines is 1. The molecule has 0 aliphatic rings. The molecule has 0 amide bonds. The molecular formula is C6H3F3N3+. The highest BCUT2D eigenvalue weighted by Crippen LogP contribution is 2.17. The second-order valence-electron chi connectivity index (χ2n) is 1.96. The van der Waals surface area contributed by atoms with Crippen molar-refractivity contribution in [1.29, 1.82) is 5.39 Å². The third-order valence-electron chi connectivity index (χ3n) is 1.18. The van der Waals surface area contributed by atoms with Crippen LogP contribution in [0.3, 0.4) is 0 Å². The molecule has 0 unspecified atom stereocenters. The molecule has 6 heteroatoms. The number of benzene rings is 1. The average Bonchev–Trinajstić information content (AvgIpc) is 2.01. The lowest BCUT2D eigenvalue weighted by Crippen LogP contribution is -1.93. The number of hydrogen-bond acceptors (Lipinski definition) is 2. The summed E-state index contributed by atoms with van der Waals surface area (Å²) < 4.78 is 37.2. The van der Waals surface area contributed by atoms with Crippen molar-refractivity contribution in [3.63, 3.8) is 0 Å². The molecule has 1 aromatic rings. The van der Waals surface area contributed by atoms with Gasteiger partial charge in [-0.15, -0.1) is 0 Å². The Kier molecular flexibility index (Phi) is 2.14. The summed E-state index contributed by atoms with van der Waals surface area (Å²) in [7, 11) is 0. The van der Waals surface area contributed by atoms with Gasteiger partial charge in [0.25, 0.3) is 5.39 Å². The Hall–Kier alpha value is -1.77. The van der Waals surface area contributed by atoms with Crippen molar-refractivity contribution >= 4 is 5.69 Å². The highest BCUT2D eigenvalue weighted by atomic mass is 19.2. The molecule has 0 aliphatic heterocycles. The summed E-state index contributed by atoms with van der Waals surface area (Å²) in [6.45, 7) is 0. The molecule has 1 rings (SSSR count). The third kappa shape index (κ3) is 1.45. The fourth-order valence-corrected chi connectivity index (χ4v) is 0.662. The van der Waals surface area contributed by atoms with Gasteiger partial charge in [-0.2, -0.15) is 0 Å². The zero-order valence-corrected chi connectivity index (χ0v) is 5.68. The number of nitrogens with one attached hydrogen (secondary N) is 1. The van der Waals surface area contributed by atoms with Crippen LogP contribution in [0, 0.1) is 22.8 Å². The van der Waals surface area contributed by atoms with Crippen LogP contribution in [-0.4, -0.2) is 0 Å². The SMILES string of the molecule is N#[N+]Nc1cc(F)c(F)cc1F. The summed E-state index contributed by atoms with van der Waals surface area (Å²) in [5.74, 6) is -3.55. The molecule has 0 atom stereocenters. The van der Waals surface area contributed by atoms with Gasteiger partial charge in [-0.1, -0.05) is 0 Å². The predicted octanol–water partition coefficient (Wildman–Crippen LogP) is 2.28. The van der Waals surface area contributed by atoms with Crippen molar-refractivity contribution < 1.29 is 13.2 Å². The molecule has 3 nitrogen and oxygen atoms in total. The Morgan fingerprint density at radius 3 is 2.25 bits per heavy atom. The van der Waals surface area contributed by atoms with Crippen molar-refractivity contribution in [3.8, 4) is 0 Å². The van der Waals surface area contributed by atoms with Crippen LogP contribution in [0.1, 0.15) is 0 Å². The Bertz CT molecular complexity index is 345. The minimum Gasteiger partial charge on any atom is -0.204 e. The van der Waals surface area contributed by atoms with E-state index in [1.807, 2.05) is 0 Å². The van der Waals surface area contributed by atoms with E-state index in [0.717, 1.165) is 0 Å². The summed E-state index contributed by atoms with van der Waals surface area (Å²) in [5, 5.41) is 10.3. The van der Waals surface area contributed by atoms with Crippen LogP contribution in [0.15, 0.2) is 12.1 Å². The molecule has 0 heterocycles. The van der Waals surface area contributed by atoms with Gasteiger partial charge >= 0.3 is 5.08 Å². The van der Waals surface area contributed by atoms with E-state index in [0.29, 0.717) is 12.1 Å². The van der Waals surface area contributed by atoms with Crippen LogP contribution in [-0.2, 0) is 0 Å². The first-order valence-corrected chi connectivity index (χ1v) is 2.90. The lowest BCUT2D eigenvalue weighted by Gasteiger charge is -1.94. The third-order valence-corrected chi connectivity index (χ3v) is 1.18. The van der Waals surface area contributed by atoms with Crippen molar-refractivity contribution in [2.45, 2.75) is 0 Å². The number of hydrogen-bond donors (Lipinski definition) is 1. The van der Waals surface area contributed by atoms with Gasteiger partial charge in [0.05, 0.1) is 0 Å². The van der Waals surface area contributed by atoms with Crippen molar-refractivity contribution in [2.75, 3.05) is 5.43 Å². The van der Waals surface area contributed by atoms with E-state index in [1.165, 1.54) is 0 Å². The highest BCUT2D eigenvalue weighted by Gasteiger charge is 2.12. The van der Waals surface area contributed by atoms with E-state index < -0.39 is 23.1 Å². The number of diazo groups is 1. The van der Waals surface area contributed by atoms with Gasteiger partial charge in [0.15, 0.2) is 23.1 Å². The topological polar surface area (TPSA) is 40.2 Å². The molecule has 0 bridgehead atoms. The largest absolute Gasteiger partial charge is 0.308 e. The molecule has 62 valence electrons. The monoisotopic (exact) mass is 174 g/mol.